The van der Waals surface area contributed by atoms with Crippen molar-refractivity contribution in [3.63, 3.8) is 0 Å². The van der Waals surface area contributed by atoms with Gasteiger partial charge in [-0.1, -0.05) is 12.2 Å². The zero-order valence-electron chi connectivity index (χ0n) is 3.92. The van der Waals surface area contributed by atoms with Gasteiger partial charge in [0.05, 0.1) is 10.6 Å². The summed E-state index contributed by atoms with van der Waals surface area (Å²) in [6, 6.07) is 0. The van der Waals surface area contributed by atoms with E-state index in [9.17, 15) is 4.57 Å². The van der Waals surface area contributed by atoms with Crippen LogP contribution in [0.2, 0.25) is 0 Å². The second-order valence-corrected chi connectivity index (χ2v) is 2.64. The third kappa shape index (κ3) is 2.66. The van der Waals surface area contributed by atoms with E-state index < -0.39 is 0 Å². The number of rotatable bonds is 2. The van der Waals surface area contributed by atoms with Crippen LogP contribution in [-0.2, 0) is 4.57 Å². The Labute approximate surface area is 49.3 Å². The van der Waals surface area contributed by atoms with Crippen LogP contribution in [0.15, 0.2) is 0 Å². The van der Waals surface area contributed by atoms with Crippen LogP contribution < -0.4 is 5.73 Å². The van der Waals surface area contributed by atoms with Gasteiger partial charge in [0.15, 0.2) is 8.46 Å². The molecule has 0 amide bonds. The molecule has 2 nitrogen and oxygen atoms in total. The van der Waals surface area contributed by atoms with Gasteiger partial charge < -0.3 is 5.73 Å². The van der Waals surface area contributed by atoms with Crippen molar-refractivity contribution in [1.82, 2.24) is 0 Å². The summed E-state index contributed by atoms with van der Waals surface area (Å²) in [6.45, 7) is 1.71. The lowest BCUT2D eigenvalue weighted by atomic mass is 10.5. The van der Waals surface area contributed by atoms with E-state index in [1.807, 2.05) is 0 Å². The lowest BCUT2D eigenvalue weighted by Gasteiger charge is -1.92. The van der Waals surface area contributed by atoms with Gasteiger partial charge in [-0.05, 0) is 6.92 Å². The molecule has 1 atom stereocenters. The summed E-state index contributed by atoms with van der Waals surface area (Å²) in [5.41, 5.74) is 4.90. The summed E-state index contributed by atoms with van der Waals surface area (Å²) < 4.78 is 9.88. The average Bonchev–Trinajstić information content (AvgIpc) is 1.65. The van der Waals surface area contributed by atoms with Gasteiger partial charge >= 0.3 is 0 Å². The van der Waals surface area contributed by atoms with E-state index in [1.54, 1.807) is 6.92 Å². The zero-order chi connectivity index (χ0) is 5.86. The minimum atomic E-state index is -0.171. The molecule has 0 rings (SSSR count). The first-order valence-electron chi connectivity index (χ1n) is 1.80. The second kappa shape index (κ2) is 3.05. The van der Waals surface area contributed by atoms with Crippen molar-refractivity contribution in [2.45, 2.75) is 12.6 Å². The monoisotopic (exact) mass is 135 g/mol. The molecular weight excluding hydrogens is 129 g/mol. The van der Waals surface area contributed by atoms with Crippen molar-refractivity contribution in [2.75, 3.05) is 0 Å². The molecule has 0 saturated carbocycles. The van der Waals surface area contributed by atoms with Crippen molar-refractivity contribution in [1.29, 1.82) is 0 Å². The Morgan fingerprint density at radius 2 is 2.43 bits per heavy atom. The van der Waals surface area contributed by atoms with Gasteiger partial charge in [-0.25, -0.2) is 0 Å². The second-order valence-electron chi connectivity index (χ2n) is 1.18. The first kappa shape index (κ1) is 6.99. The van der Waals surface area contributed by atoms with Crippen LogP contribution >= 0.6 is 20.7 Å². The Morgan fingerprint density at radius 1 is 2.00 bits per heavy atom. The quantitative estimate of drug-likeness (QED) is 0.453. The van der Waals surface area contributed by atoms with Crippen LogP contribution in [0.4, 0.5) is 0 Å². The van der Waals surface area contributed by atoms with E-state index in [0.717, 1.165) is 0 Å². The Balaban J connectivity index is 3.55. The molecule has 0 aliphatic carbocycles. The van der Waals surface area contributed by atoms with E-state index in [1.165, 1.54) is 0 Å². The predicted octanol–water partition coefficient (Wildman–Crippen LogP) is 0.953. The molecule has 0 aromatic rings. The molecule has 0 spiro atoms. The zero-order valence-corrected chi connectivity index (χ0v) is 5.63. The van der Waals surface area contributed by atoms with Crippen molar-refractivity contribution in [2.24, 2.45) is 5.73 Å². The smallest absolute Gasteiger partial charge is 0.165 e. The summed E-state index contributed by atoms with van der Waals surface area (Å²) in [5.74, 6) is 0. The topological polar surface area (TPSA) is 43.1 Å². The standard InChI is InChI=1S/C3H6NOPS/c1-2(6-5)3(4)7/h2H,1H3,(H2,4,7). The van der Waals surface area contributed by atoms with Gasteiger partial charge in [-0.15, -0.1) is 0 Å². The molecule has 0 bridgehead atoms. The molecule has 0 heterocycles. The highest BCUT2D eigenvalue weighted by Gasteiger charge is 2.00. The fraction of sp³-hybridized carbons (Fsp3) is 0.667. The molecule has 0 aromatic heterocycles. The summed E-state index contributed by atoms with van der Waals surface area (Å²) in [6.07, 6.45) is 0. The van der Waals surface area contributed by atoms with Gasteiger partial charge in [0.25, 0.3) is 0 Å². The molecule has 40 valence electrons. The molecule has 2 N–H and O–H groups in total. The van der Waals surface area contributed by atoms with E-state index in [2.05, 4.69) is 12.2 Å². The van der Waals surface area contributed by atoms with Crippen LogP contribution in [0.1, 0.15) is 6.92 Å². The number of hydrogen-bond donors (Lipinski definition) is 1. The summed E-state index contributed by atoms with van der Waals surface area (Å²) >= 11 is 4.49. The Bertz CT molecular complexity index is 94.9. The third-order valence-corrected chi connectivity index (χ3v) is 1.69. The predicted molar refractivity (Wildman–Crippen MR) is 33.9 cm³/mol. The fourth-order valence-electron chi connectivity index (χ4n) is 0.0519. The van der Waals surface area contributed by atoms with Crippen LogP contribution in [0.3, 0.4) is 0 Å². The Kier molecular flexibility index (Phi) is 3.05. The van der Waals surface area contributed by atoms with Crippen molar-refractivity contribution in [3.8, 4) is 0 Å². The Hall–Kier alpha value is -0.0100. The normalized spacial score (nSPS) is 13.9. The summed E-state index contributed by atoms with van der Waals surface area (Å²) in [7, 11) is 0.00617. The van der Waals surface area contributed by atoms with E-state index in [0.29, 0.717) is 4.99 Å². The average molecular weight is 135 g/mol. The largest absolute Gasteiger partial charge is 0.392 e. The SMILES string of the molecule is CC(P=O)C(N)=S. The highest BCUT2D eigenvalue weighted by molar-refractivity contribution is 7.80. The number of hydrogen-bond acceptors (Lipinski definition) is 2. The maximum absolute atomic E-state index is 9.88. The molecule has 0 fully saturated rings. The molecule has 0 aromatic carbocycles. The first-order chi connectivity index (χ1) is 3.18. The van der Waals surface area contributed by atoms with E-state index in [4.69, 9.17) is 5.73 Å². The minimum absolute atomic E-state index is 0.00617. The molecule has 7 heavy (non-hydrogen) atoms. The molecule has 4 heteroatoms. The highest BCUT2D eigenvalue weighted by Crippen LogP contribution is 2.03. The van der Waals surface area contributed by atoms with Crippen LogP contribution in [0.25, 0.3) is 0 Å². The van der Waals surface area contributed by atoms with Crippen LogP contribution in [0, 0.1) is 0 Å². The van der Waals surface area contributed by atoms with Gasteiger partial charge in [-0.2, -0.15) is 0 Å². The van der Waals surface area contributed by atoms with Gasteiger partial charge in [0.1, 0.15) is 0 Å². The molecule has 0 aliphatic rings. The van der Waals surface area contributed by atoms with Gasteiger partial charge in [0.2, 0.25) is 0 Å². The molecule has 1 unspecified atom stereocenters. The molecule has 0 saturated heterocycles. The minimum Gasteiger partial charge on any atom is -0.392 e. The number of thiocarbonyl (C=S) groups is 1. The van der Waals surface area contributed by atoms with E-state index >= 15 is 0 Å². The fourth-order valence-corrected chi connectivity index (χ4v) is 0.285. The maximum atomic E-state index is 9.88. The van der Waals surface area contributed by atoms with E-state index in [-0.39, 0.29) is 14.1 Å². The lowest BCUT2D eigenvalue weighted by molar-refractivity contribution is 0.597. The lowest BCUT2D eigenvalue weighted by Crippen LogP contribution is -2.17. The summed E-state index contributed by atoms with van der Waals surface area (Å²) in [4.78, 5) is 0.302. The Morgan fingerprint density at radius 3 is 2.43 bits per heavy atom. The van der Waals surface area contributed by atoms with Crippen molar-refractivity contribution in [3.05, 3.63) is 0 Å². The van der Waals surface area contributed by atoms with Gasteiger partial charge in [0, 0.05) is 0 Å². The number of nitrogens with two attached hydrogens (primary N) is 1. The van der Waals surface area contributed by atoms with Crippen LogP contribution in [-0.4, -0.2) is 10.6 Å². The highest BCUT2D eigenvalue weighted by atomic mass is 32.1. The molecule has 0 aliphatic heterocycles. The first-order valence-corrected chi connectivity index (χ1v) is 3.09. The van der Waals surface area contributed by atoms with Gasteiger partial charge in [-0.3, -0.25) is 4.57 Å². The van der Waals surface area contributed by atoms with Crippen LogP contribution in [0.5, 0.6) is 0 Å². The third-order valence-electron chi connectivity index (χ3n) is 0.570. The molecule has 0 radical (unpaired) electrons. The van der Waals surface area contributed by atoms with Crippen molar-refractivity contribution < 1.29 is 4.57 Å². The maximum Gasteiger partial charge on any atom is 0.165 e. The molecular formula is C3H6NOPS. The summed E-state index contributed by atoms with van der Waals surface area (Å²) in [5, 5.41) is 0. The van der Waals surface area contributed by atoms with Crippen molar-refractivity contribution >= 4 is 25.7 Å².